The Morgan fingerprint density at radius 2 is 1.82 bits per heavy atom. The molecule has 0 heterocycles. The monoisotopic (exact) mass is 304 g/mol. The van der Waals surface area contributed by atoms with Crippen LogP contribution in [0.5, 0.6) is 0 Å². The van der Waals surface area contributed by atoms with E-state index in [1.807, 2.05) is 38.1 Å². The number of allylic oxidation sites excluding steroid dienone is 1. The normalized spacial score (nSPS) is 15.1. The first kappa shape index (κ1) is 18.9. The number of benzene rings is 1. The summed E-state index contributed by atoms with van der Waals surface area (Å²) >= 11 is 0. The fourth-order valence-corrected chi connectivity index (χ4v) is 2.52. The van der Waals surface area contributed by atoms with Crippen LogP contribution >= 0.6 is 0 Å². The van der Waals surface area contributed by atoms with Crippen molar-refractivity contribution in [2.45, 2.75) is 71.0 Å². The zero-order chi connectivity index (χ0) is 16.4. The molecule has 1 unspecified atom stereocenters. The molecule has 0 aliphatic heterocycles. The van der Waals surface area contributed by atoms with Gasteiger partial charge in [-0.25, -0.2) is 0 Å². The standard InChI is InChI=1S/C20H32O2/c1-17(10-8-16-20(2,3)22)9-7-13-19(21)15-14-18-11-5-4-6-12-18/h4-7,11-13,17,19,21-22H,8-10,14-16H2,1-3H3/b13-7+/t17-,19?/m0/s1. The van der Waals surface area contributed by atoms with Crippen LogP contribution in [0.3, 0.4) is 0 Å². The molecule has 2 nitrogen and oxygen atoms in total. The van der Waals surface area contributed by atoms with Gasteiger partial charge in [0.25, 0.3) is 0 Å². The molecule has 0 aliphatic rings. The topological polar surface area (TPSA) is 40.5 Å². The summed E-state index contributed by atoms with van der Waals surface area (Å²) in [4.78, 5) is 0. The summed E-state index contributed by atoms with van der Waals surface area (Å²) in [6.07, 6.45) is 9.36. The fourth-order valence-electron chi connectivity index (χ4n) is 2.52. The molecule has 2 N–H and O–H groups in total. The Morgan fingerprint density at radius 3 is 2.45 bits per heavy atom. The summed E-state index contributed by atoms with van der Waals surface area (Å²) in [6.45, 7) is 5.95. The minimum absolute atomic E-state index is 0.358. The van der Waals surface area contributed by atoms with Crippen molar-refractivity contribution >= 4 is 0 Å². The highest BCUT2D eigenvalue weighted by Crippen LogP contribution is 2.18. The van der Waals surface area contributed by atoms with Gasteiger partial charge in [-0.3, -0.25) is 0 Å². The lowest BCUT2D eigenvalue weighted by Gasteiger charge is -2.17. The van der Waals surface area contributed by atoms with Gasteiger partial charge in [0.2, 0.25) is 0 Å². The third-order valence-corrected chi connectivity index (χ3v) is 3.95. The SMILES string of the molecule is C[C@@H](C/C=C/C(O)CCc1ccccc1)CCCC(C)(C)O. The number of hydrogen-bond donors (Lipinski definition) is 2. The van der Waals surface area contributed by atoms with Crippen LogP contribution < -0.4 is 0 Å². The van der Waals surface area contributed by atoms with Gasteiger partial charge in [0.1, 0.15) is 0 Å². The summed E-state index contributed by atoms with van der Waals surface area (Å²) in [5, 5.41) is 19.7. The Hall–Kier alpha value is -1.12. The van der Waals surface area contributed by atoms with E-state index in [9.17, 15) is 10.2 Å². The average molecular weight is 304 g/mol. The van der Waals surface area contributed by atoms with Crippen LogP contribution in [0.1, 0.15) is 58.4 Å². The molecule has 0 saturated carbocycles. The van der Waals surface area contributed by atoms with E-state index in [1.165, 1.54) is 5.56 Å². The van der Waals surface area contributed by atoms with Gasteiger partial charge in [0.15, 0.2) is 0 Å². The lowest BCUT2D eigenvalue weighted by Crippen LogP contribution is -2.18. The van der Waals surface area contributed by atoms with Crippen molar-refractivity contribution in [3.05, 3.63) is 48.0 Å². The predicted octanol–water partition coefficient (Wildman–Crippen LogP) is 4.50. The smallest absolute Gasteiger partial charge is 0.0724 e. The molecule has 1 aromatic carbocycles. The van der Waals surface area contributed by atoms with Crippen molar-refractivity contribution < 1.29 is 10.2 Å². The van der Waals surface area contributed by atoms with Crippen LogP contribution in [0.25, 0.3) is 0 Å². The molecule has 0 radical (unpaired) electrons. The fraction of sp³-hybridized carbons (Fsp3) is 0.600. The Balaban J connectivity index is 2.15. The first-order valence-electron chi connectivity index (χ1n) is 8.48. The first-order valence-corrected chi connectivity index (χ1v) is 8.48. The van der Waals surface area contributed by atoms with E-state index in [0.717, 1.165) is 38.5 Å². The average Bonchev–Trinajstić information content (AvgIpc) is 2.45. The number of aryl methyl sites for hydroxylation is 1. The van der Waals surface area contributed by atoms with Crippen molar-refractivity contribution in [2.24, 2.45) is 5.92 Å². The van der Waals surface area contributed by atoms with E-state index in [0.29, 0.717) is 5.92 Å². The van der Waals surface area contributed by atoms with Crippen molar-refractivity contribution in [3.8, 4) is 0 Å². The summed E-state index contributed by atoms with van der Waals surface area (Å²) in [5.41, 5.74) is 0.721. The van der Waals surface area contributed by atoms with Crippen LogP contribution in [0.2, 0.25) is 0 Å². The van der Waals surface area contributed by atoms with Gasteiger partial charge < -0.3 is 10.2 Å². The molecule has 0 bridgehead atoms. The quantitative estimate of drug-likeness (QED) is 0.625. The molecular formula is C20H32O2. The highest BCUT2D eigenvalue weighted by molar-refractivity contribution is 5.15. The third-order valence-electron chi connectivity index (χ3n) is 3.95. The van der Waals surface area contributed by atoms with Crippen LogP contribution in [0.4, 0.5) is 0 Å². The maximum atomic E-state index is 9.99. The Morgan fingerprint density at radius 1 is 1.14 bits per heavy atom. The number of rotatable bonds is 10. The molecule has 0 spiro atoms. The van der Waals surface area contributed by atoms with Crippen LogP contribution in [0, 0.1) is 5.92 Å². The summed E-state index contributed by atoms with van der Waals surface area (Å²) in [6, 6.07) is 10.3. The first-order chi connectivity index (χ1) is 10.4. The van der Waals surface area contributed by atoms with Crippen LogP contribution in [-0.4, -0.2) is 21.9 Å². The second-order valence-corrected chi connectivity index (χ2v) is 7.07. The Labute approximate surface area is 135 Å². The highest BCUT2D eigenvalue weighted by Gasteiger charge is 2.12. The second-order valence-electron chi connectivity index (χ2n) is 7.07. The van der Waals surface area contributed by atoms with Gasteiger partial charge in [-0.2, -0.15) is 0 Å². The Bertz CT molecular complexity index is 417. The minimum Gasteiger partial charge on any atom is -0.390 e. The van der Waals surface area contributed by atoms with Crippen LogP contribution in [-0.2, 0) is 6.42 Å². The van der Waals surface area contributed by atoms with E-state index >= 15 is 0 Å². The van der Waals surface area contributed by atoms with E-state index in [-0.39, 0.29) is 6.10 Å². The molecule has 2 atom stereocenters. The number of aliphatic hydroxyl groups excluding tert-OH is 1. The molecule has 2 heteroatoms. The predicted molar refractivity (Wildman–Crippen MR) is 93.8 cm³/mol. The molecule has 0 aliphatic carbocycles. The molecule has 1 aromatic rings. The summed E-state index contributed by atoms with van der Waals surface area (Å²) in [7, 11) is 0. The molecule has 0 amide bonds. The maximum Gasteiger partial charge on any atom is 0.0724 e. The van der Waals surface area contributed by atoms with E-state index in [1.54, 1.807) is 0 Å². The molecule has 0 saturated heterocycles. The second kappa shape index (κ2) is 9.81. The number of aliphatic hydroxyl groups is 2. The van der Waals surface area contributed by atoms with E-state index in [2.05, 4.69) is 25.1 Å². The molecule has 1 rings (SSSR count). The highest BCUT2D eigenvalue weighted by atomic mass is 16.3. The molecule has 22 heavy (non-hydrogen) atoms. The van der Waals surface area contributed by atoms with Gasteiger partial charge >= 0.3 is 0 Å². The Kier molecular flexibility index (Phi) is 8.44. The van der Waals surface area contributed by atoms with E-state index in [4.69, 9.17) is 0 Å². The summed E-state index contributed by atoms with van der Waals surface area (Å²) < 4.78 is 0. The van der Waals surface area contributed by atoms with Gasteiger partial charge in [-0.15, -0.1) is 0 Å². The number of hydrogen-bond acceptors (Lipinski definition) is 2. The third kappa shape index (κ3) is 9.75. The zero-order valence-corrected chi connectivity index (χ0v) is 14.3. The van der Waals surface area contributed by atoms with Crippen molar-refractivity contribution in [1.29, 1.82) is 0 Å². The van der Waals surface area contributed by atoms with Crippen molar-refractivity contribution in [3.63, 3.8) is 0 Å². The zero-order valence-electron chi connectivity index (χ0n) is 14.3. The summed E-state index contributed by atoms with van der Waals surface area (Å²) in [5.74, 6) is 0.597. The van der Waals surface area contributed by atoms with Gasteiger partial charge in [0.05, 0.1) is 11.7 Å². The molecule has 0 aromatic heterocycles. The van der Waals surface area contributed by atoms with Gasteiger partial charge in [0, 0.05) is 0 Å². The van der Waals surface area contributed by atoms with E-state index < -0.39 is 5.60 Å². The maximum absolute atomic E-state index is 9.99. The molecule has 124 valence electrons. The molecular weight excluding hydrogens is 272 g/mol. The molecule has 0 fully saturated rings. The lowest BCUT2D eigenvalue weighted by atomic mass is 9.95. The van der Waals surface area contributed by atoms with Crippen molar-refractivity contribution in [1.82, 2.24) is 0 Å². The van der Waals surface area contributed by atoms with Gasteiger partial charge in [-0.05, 0) is 51.0 Å². The largest absolute Gasteiger partial charge is 0.390 e. The van der Waals surface area contributed by atoms with Crippen LogP contribution in [0.15, 0.2) is 42.5 Å². The lowest BCUT2D eigenvalue weighted by molar-refractivity contribution is 0.0670. The van der Waals surface area contributed by atoms with Crippen molar-refractivity contribution in [2.75, 3.05) is 0 Å². The van der Waals surface area contributed by atoms with Gasteiger partial charge in [-0.1, -0.05) is 62.2 Å². The minimum atomic E-state index is -0.552.